The van der Waals surface area contributed by atoms with Crippen molar-refractivity contribution in [2.24, 2.45) is 0 Å². The zero-order chi connectivity index (χ0) is 16.9. The van der Waals surface area contributed by atoms with Crippen LogP contribution in [-0.4, -0.2) is 42.7 Å². The number of hydrogen-bond acceptors (Lipinski definition) is 4. The van der Waals surface area contributed by atoms with Crippen LogP contribution in [0.4, 0.5) is 13.2 Å². The van der Waals surface area contributed by atoms with Gasteiger partial charge in [0.05, 0.1) is 6.61 Å². The number of alkyl halides is 3. The third-order valence-electron chi connectivity index (χ3n) is 2.95. The maximum atomic E-state index is 13.0. The number of halogens is 3. The second kappa shape index (κ2) is 7.44. The van der Waals surface area contributed by atoms with Crippen LogP contribution in [0, 0.1) is 0 Å². The average Bonchev–Trinajstić information content (AvgIpc) is 2.38. The minimum Gasteiger partial charge on any atom is -0.462 e. The number of ether oxygens (including phenoxy) is 1. The van der Waals surface area contributed by atoms with Crippen LogP contribution in [0.1, 0.15) is 29.4 Å². The molecule has 0 aliphatic carbocycles. The highest BCUT2D eigenvalue weighted by Gasteiger charge is 2.35. The smallest absolute Gasteiger partial charge is 0.431 e. The van der Waals surface area contributed by atoms with Gasteiger partial charge in [0.25, 0.3) is 5.56 Å². The molecule has 0 fully saturated rings. The van der Waals surface area contributed by atoms with Gasteiger partial charge in [0.1, 0.15) is 11.3 Å². The van der Waals surface area contributed by atoms with Gasteiger partial charge in [0.2, 0.25) is 0 Å². The first kappa shape index (κ1) is 18.2. The number of hydrogen-bond donors (Lipinski definition) is 0. The maximum absolute atomic E-state index is 13.0. The number of rotatable bonds is 6. The molecule has 0 unspecified atom stereocenters. The standard InChI is InChI=1S/C14H19F3N2O3/c1-4-22-13(21)10-6-7-11(14(15,16)17)19(12(10)20)9-5-8-18(2)3/h6-7H,4-5,8-9H2,1-3H3. The van der Waals surface area contributed by atoms with E-state index in [1.165, 1.54) is 0 Å². The Morgan fingerprint density at radius 1 is 1.32 bits per heavy atom. The first-order chi connectivity index (χ1) is 10.2. The Hall–Kier alpha value is -1.83. The first-order valence-corrected chi connectivity index (χ1v) is 6.81. The number of esters is 1. The molecule has 1 aromatic rings. The highest BCUT2D eigenvalue weighted by atomic mass is 19.4. The zero-order valence-electron chi connectivity index (χ0n) is 12.7. The minimum atomic E-state index is -4.66. The van der Waals surface area contributed by atoms with Crippen molar-refractivity contribution in [3.63, 3.8) is 0 Å². The lowest BCUT2D eigenvalue weighted by Gasteiger charge is -2.17. The van der Waals surface area contributed by atoms with E-state index in [1.807, 2.05) is 0 Å². The monoisotopic (exact) mass is 320 g/mol. The summed E-state index contributed by atoms with van der Waals surface area (Å²) in [5.74, 6) is -0.914. The van der Waals surface area contributed by atoms with E-state index in [0.717, 1.165) is 12.1 Å². The third kappa shape index (κ3) is 4.59. The van der Waals surface area contributed by atoms with Crippen molar-refractivity contribution < 1.29 is 22.7 Å². The van der Waals surface area contributed by atoms with Crippen LogP contribution in [0.15, 0.2) is 16.9 Å². The molecule has 0 amide bonds. The molecule has 124 valence electrons. The van der Waals surface area contributed by atoms with Crippen molar-refractivity contribution in [2.45, 2.75) is 26.1 Å². The quantitative estimate of drug-likeness (QED) is 0.752. The van der Waals surface area contributed by atoms with Gasteiger partial charge < -0.3 is 14.2 Å². The normalized spacial score (nSPS) is 11.8. The van der Waals surface area contributed by atoms with Crippen LogP contribution in [0.3, 0.4) is 0 Å². The van der Waals surface area contributed by atoms with Crippen molar-refractivity contribution in [2.75, 3.05) is 27.2 Å². The first-order valence-electron chi connectivity index (χ1n) is 6.81. The van der Waals surface area contributed by atoms with Crippen molar-refractivity contribution in [3.8, 4) is 0 Å². The van der Waals surface area contributed by atoms with E-state index in [0.29, 0.717) is 17.5 Å². The molecule has 22 heavy (non-hydrogen) atoms. The second-order valence-electron chi connectivity index (χ2n) is 4.96. The minimum absolute atomic E-state index is 0.0416. The van der Waals surface area contributed by atoms with Crippen LogP contribution >= 0.6 is 0 Å². The van der Waals surface area contributed by atoms with E-state index in [-0.39, 0.29) is 18.7 Å². The Morgan fingerprint density at radius 2 is 1.95 bits per heavy atom. The van der Waals surface area contributed by atoms with Gasteiger partial charge in [-0.3, -0.25) is 4.79 Å². The molecule has 0 aromatic carbocycles. The Morgan fingerprint density at radius 3 is 2.45 bits per heavy atom. The summed E-state index contributed by atoms with van der Waals surface area (Å²) >= 11 is 0. The van der Waals surface area contributed by atoms with E-state index >= 15 is 0 Å². The summed E-state index contributed by atoms with van der Waals surface area (Å²) in [7, 11) is 3.56. The van der Waals surface area contributed by atoms with E-state index < -0.39 is 23.4 Å². The van der Waals surface area contributed by atoms with E-state index in [4.69, 9.17) is 4.74 Å². The zero-order valence-corrected chi connectivity index (χ0v) is 12.7. The molecular formula is C14H19F3N2O3. The number of carbonyl (C=O) groups excluding carboxylic acids is 1. The number of carbonyl (C=O) groups is 1. The largest absolute Gasteiger partial charge is 0.462 e. The number of nitrogens with zero attached hydrogens (tertiary/aromatic N) is 2. The number of aromatic nitrogens is 1. The summed E-state index contributed by atoms with van der Waals surface area (Å²) in [4.78, 5) is 25.6. The fraction of sp³-hybridized carbons (Fsp3) is 0.571. The molecule has 0 atom stereocenters. The SMILES string of the molecule is CCOC(=O)c1ccc(C(F)(F)F)n(CCCN(C)C)c1=O. The van der Waals surface area contributed by atoms with Crippen molar-refractivity contribution in [1.82, 2.24) is 9.47 Å². The highest BCUT2D eigenvalue weighted by Crippen LogP contribution is 2.28. The Bertz CT molecular complexity index is 580. The van der Waals surface area contributed by atoms with Crippen molar-refractivity contribution in [3.05, 3.63) is 33.7 Å². The Kier molecular flexibility index (Phi) is 6.16. The summed E-state index contributed by atoms with van der Waals surface area (Å²) in [6.45, 7) is 1.99. The highest BCUT2D eigenvalue weighted by molar-refractivity contribution is 5.88. The van der Waals surface area contributed by atoms with Crippen LogP contribution in [0.5, 0.6) is 0 Å². The van der Waals surface area contributed by atoms with Gasteiger partial charge in [0, 0.05) is 6.54 Å². The van der Waals surface area contributed by atoms with E-state index in [2.05, 4.69) is 0 Å². The summed E-state index contributed by atoms with van der Waals surface area (Å²) in [5, 5.41) is 0. The molecular weight excluding hydrogens is 301 g/mol. The lowest BCUT2D eigenvalue weighted by molar-refractivity contribution is -0.144. The van der Waals surface area contributed by atoms with Crippen LogP contribution in [0.25, 0.3) is 0 Å². The van der Waals surface area contributed by atoms with Gasteiger partial charge in [-0.1, -0.05) is 0 Å². The van der Waals surface area contributed by atoms with E-state index in [9.17, 15) is 22.8 Å². The molecule has 0 saturated heterocycles. The van der Waals surface area contributed by atoms with E-state index in [1.54, 1.807) is 25.9 Å². The molecule has 0 saturated carbocycles. The van der Waals surface area contributed by atoms with Crippen LogP contribution < -0.4 is 5.56 Å². The van der Waals surface area contributed by atoms with Gasteiger partial charge in [-0.2, -0.15) is 13.2 Å². The lowest BCUT2D eigenvalue weighted by Crippen LogP contribution is -2.33. The molecule has 0 N–H and O–H groups in total. The Balaban J connectivity index is 3.24. The summed E-state index contributed by atoms with van der Waals surface area (Å²) in [6, 6.07) is 1.61. The summed E-state index contributed by atoms with van der Waals surface area (Å²) in [5.41, 5.74) is -2.43. The molecule has 0 bridgehead atoms. The molecule has 1 heterocycles. The predicted molar refractivity (Wildman–Crippen MR) is 74.8 cm³/mol. The summed E-state index contributed by atoms with van der Waals surface area (Å²) < 4.78 is 44.3. The van der Waals surface area contributed by atoms with Crippen LogP contribution in [-0.2, 0) is 17.5 Å². The topological polar surface area (TPSA) is 51.5 Å². The molecule has 0 radical (unpaired) electrons. The fourth-order valence-corrected chi connectivity index (χ4v) is 1.96. The molecule has 0 aliphatic heterocycles. The van der Waals surface area contributed by atoms with Gasteiger partial charge in [-0.05, 0) is 46.1 Å². The molecule has 0 aliphatic rings. The van der Waals surface area contributed by atoms with Gasteiger partial charge >= 0.3 is 12.1 Å². The van der Waals surface area contributed by atoms with Gasteiger partial charge in [0.15, 0.2) is 0 Å². The molecule has 1 aromatic heterocycles. The maximum Gasteiger partial charge on any atom is 0.431 e. The summed E-state index contributed by atoms with van der Waals surface area (Å²) in [6.07, 6.45) is -4.31. The van der Waals surface area contributed by atoms with Gasteiger partial charge in [-0.15, -0.1) is 0 Å². The average molecular weight is 320 g/mol. The third-order valence-corrected chi connectivity index (χ3v) is 2.95. The molecule has 5 nitrogen and oxygen atoms in total. The van der Waals surface area contributed by atoms with Gasteiger partial charge in [-0.25, -0.2) is 4.79 Å². The lowest BCUT2D eigenvalue weighted by atomic mass is 10.2. The predicted octanol–water partition coefficient (Wildman–Crippen LogP) is 2.00. The Labute approximate surface area is 126 Å². The molecule has 1 rings (SSSR count). The number of pyridine rings is 1. The van der Waals surface area contributed by atoms with Crippen LogP contribution in [0.2, 0.25) is 0 Å². The fourth-order valence-electron chi connectivity index (χ4n) is 1.96. The molecule has 0 spiro atoms. The second-order valence-corrected chi connectivity index (χ2v) is 4.96. The van der Waals surface area contributed by atoms with Crippen molar-refractivity contribution >= 4 is 5.97 Å². The molecule has 8 heteroatoms. The van der Waals surface area contributed by atoms with Crippen molar-refractivity contribution in [1.29, 1.82) is 0 Å².